The topological polar surface area (TPSA) is 95.9 Å². The van der Waals surface area contributed by atoms with Crippen molar-refractivity contribution in [2.24, 2.45) is 5.92 Å². The van der Waals surface area contributed by atoms with E-state index in [1.165, 1.54) is 18.2 Å². The standard InChI is InChI=1S/C16H23NO5/c1-9(2)13(14(19)20)11-8-10(6-7-12(11)18)17-15(21)22-16(3,4)5/h6-9,13,18H,1-5H3,(H,17,21)(H,19,20). The number of carboxylic acid groups (broad SMARTS) is 1. The number of benzene rings is 1. The molecule has 0 aliphatic heterocycles. The highest BCUT2D eigenvalue weighted by molar-refractivity contribution is 5.86. The minimum atomic E-state index is -1.03. The first-order valence-electron chi connectivity index (χ1n) is 7.07. The van der Waals surface area contributed by atoms with E-state index >= 15 is 0 Å². The zero-order valence-corrected chi connectivity index (χ0v) is 13.5. The molecule has 122 valence electrons. The van der Waals surface area contributed by atoms with Crippen molar-refractivity contribution in [2.45, 2.75) is 46.1 Å². The van der Waals surface area contributed by atoms with Gasteiger partial charge in [0.25, 0.3) is 0 Å². The first-order valence-corrected chi connectivity index (χ1v) is 7.07. The summed E-state index contributed by atoms with van der Waals surface area (Å²) in [5, 5.41) is 21.8. The van der Waals surface area contributed by atoms with E-state index < -0.39 is 23.6 Å². The highest BCUT2D eigenvalue weighted by Crippen LogP contribution is 2.33. The molecule has 0 aliphatic carbocycles. The van der Waals surface area contributed by atoms with E-state index in [-0.39, 0.29) is 17.2 Å². The van der Waals surface area contributed by atoms with E-state index in [0.29, 0.717) is 5.69 Å². The van der Waals surface area contributed by atoms with Crippen LogP contribution in [-0.2, 0) is 9.53 Å². The zero-order valence-electron chi connectivity index (χ0n) is 13.5. The lowest BCUT2D eigenvalue weighted by Gasteiger charge is -2.21. The number of carboxylic acids is 1. The third-order valence-corrected chi connectivity index (χ3v) is 2.94. The van der Waals surface area contributed by atoms with Crippen LogP contribution in [-0.4, -0.2) is 27.9 Å². The second kappa shape index (κ2) is 6.68. The van der Waals surface area contributed by atoms with Crippen molar-refractivity contribution in [1.82, 2.24) is 0 Å². The molecular formula is C16H23NO5. The van der Waals surface area contributed by atoms with Crippen LogP contribution in [0.3, 0.4) is 0 Å². The van der Waals surface area contributed by atoms with Crippen LogP contribution >= 0.6 is 0 Å². The number of aliphatic carboxylic acids is 1. The summed E-state index contributed by atoms with van der Waals surface area (Å²) in [5.74, 6) is -2.21. The van der Waals surface area contributed by atoms with Crippen LogP contribution in [0, 0.1) is 5.92 Å². The molecule has 0 saturated carbocycles. The summed E-state index contributed by atoms with van der Waals surface area (Å²) in [4.78, 5) is 23.1. The van der Waals surface area contributed by atoms with Crippen LogP contribution in [0.25, 0.3) is 0 Å². The molecule has 1 atom stereocenters. The molecular weight excluding hydrogens is 286 g/mol. The zero-order chi connectivity index (χ0) is 17.1. The van der Waals surface area contributed by atoms with Crippen LogP contribution in [0.1, 0.15) is 46.1 Å². The molecule has 1 aromatic carbocycles. The molecule has 22 heavy (non-hydrogen) atoms. The van der Waals surface area contributed by atoms with Crippen LogP contribution in [0.4, 0.5) is 10.5 Å². The van der Waals surface area contributed by atoms with E-state index in [1.54, 1.807) is 34.6 Å². The Morgan fingerprint density at radius 1 is 1.23 bits per heavy atom. The van der Waals surface area contributed by atoms with Crippen molar-refractivity contribution in [3.05, 3.63) is 23.8 Å². The molecule has 0 aromatic heterocycles. The average Bonchev–Trinajstić information content (AvgIpc) is 2.29. The lowest BCUT2D eigenvalue weighted by molar-refractivity contribution is -0.139. The lowest BCUT2D eigenvalue weighted by atomic mass is 9.87. The van der Waals surface area contributed by atoms with Crippen molar-refractivity contribution >= 4 is 17.7 Å². The summed E-state index contributed by atoms with van der Waals surface area (Å²) < 4.78 is 5.14. The predicted octanol–water partition coefficient (Wildman–Crippen LogP) is 3.56. The number of aromatic hydroxyl groups is 1. The largest absolute Gasteiger partial charge is 0.508 e. The Labute approximate surface area is 130 Å². The molecule has 1 amide bonds. The highest BCUT2D eigenvalue weighted by Gasteiger charge is 2.27. The van der Waals surface area contributed by atoms with Gasteiger partial charge < -0.3 is 14.9 Å². The van der Waals surface area contributed by atoms with E-state index in [9.17, 15) is 19.8 Å². The second-order valence-corrected chi connectivity index (χ2v) is 6.46. The summed E-state index contributed by atoms with van der Waals surface area (Å²) in [6.45, 7) is 8.74. The van der Waals surface area contributed by atoms with Crippen molar-refractivity contribution in [3.8, 4) is 5.75 Å². The number of phenols is 1. The molecule has 0 fully saturated rings. The van der Waals surface area contributed by atoms with Crippen molar-refractivity contribution in [2.75, 3.05) is 5.32 Å². The molecule has 0 saturated heterocycles. The van der Waals surface area contributed by atoms with E-state index in [1.807, 2.05) is 0 Å². The molecule has 3 N–H and O–H groups in total. The van der Waals surface area contributed by atoms with Gasteiger partial charge in [0.1, 0.15) is 11.4 Å². The summed E-state index contributed by atoms with van der Waals surface area (Å²) in [6.07, 6.45) is -0.638. The fourth-order valence-corrected chi connectivity index (χ4v) is 2.08. The average molecular weight is 309 g/mol. The fourth-order valence-electron chi connectivity index (χ4n) is 2.08. The summed E-state index contributed by atoms with van der Waals surface area (Å²) in [7, 11) is 0. The first-order chi connectivity index (χ1) is 10.0. The maximum absolute atomic E-state index is 11.7. The van der Waals surface area contributed by atoms with Gasteiger partial charge in [0, 0.05) is 11.3 Å². The number of hydrogen-bond acceptors (Lipinski definition) is 4. The van der Waals surface area contributed by atoms with E-state index in [4.69, 9.17) is 4.74 Å². The predicted molar refractivity (Wildman–Crippen MR) is 83.2 cm³/mol. The van der Waals surface area contributed by atoms with E-state index in [0.717, 1.165) is 0 Å². The van der Waals surface area contributed by atoms with Gasteiger partial charge in [-0.1, -0.05) is 13.8 Å². The number of rotatable bonds is 4. The monoisotopic (exact) mass is 309 g/mol. The van der Waals surface area contributed by atoms with Crippen molar-refractivity contribution in [1.29, 1.82) is 0 Å². The Bertz CT molecular complexity index is 560. The highest BCUT2D eigenvalue weighted by atomic mass is 16.6. The Kier molecular flexibility index (Phi) is 5.41. The van der Waals surface area contributed by atoms with Crippen LogP contribution < -0.4 is 5.32 Å². The van der Waals surface area contributed by atoms with Gasteiger partial charge in [-0.05, 0) is 44.9 Å². The number of nitrogens with one attached hydrogen (secondary N) is 1. The number of hydrogen-bond donors (Lipinski definition) is 3. The van der Waals surface area contributed by atoms with E-state index in [2.05, 4.69) is 5.32 Å². The Hall–Kier alpha value is -2.24. The Morgan fingerprint density at radius 3 is 2.27 bits per heavy atom. The van der Waals surface area contributed by atoms with Gasteiger partial charge in [0.15, 0.2) is 0 Å². The number of carbonyl (C=O) groups is 2. The summed E-state index contributed by atoms with van der Waals surface area (Å²) in [6, 6.07) is 4.31. The molecule has 1 rings (SSSR count). The molecule has 1 aromatic rings. The molecule has 0 radical (unpaired) electrons. The van der Waals surface area contributed by atoms with Crippen molar-refractivity contribution < 1.29 is 24.5 Å². The third kappa shape index (κ3) is 4.95. The smallest absolute Gasteiger partial charge is 0.412 e. The molecule has 1 unspecified atom stereocenters. The van der Waals surface area contributed by atoms with Crippen molar-refractivity contribution in [3.63, 3.8) is 0 Å². The van der Waals surface area contributed by atoms with Gasteiger partial charge >= 0.3 is 12.1 Å². The number of amides is 1. The van der Waals surface area contributed by atoms with Gasteiger partial charge in [-0.3, -0.25) is 10.1 Å². The molecule has 0 spiro atoms. The Balaban J connectivity index is 3.04. The second-order valence-electron chi connectivity index (χ2n) is 6.46. The number of anilines is 1. The summed E-state index contributed by atoms with van der Waals surface area (Å²) >= 11 is 0. The number of carbonyl (C=O) groups excluding carboxylic acids is 1. The molecule has 6 nitrogen and oxygen atoms in total. The minimum Gasteiger partial charge on any atom is -0.508 e. The third-order valence-electron chi connectivity index (χ3n) is 2.94. The van der Waals surface area contributed by atoms with Gasteiger partial charge in [-0.15, -0.1) is 0 Å². The molecule has 6 heteroatoms. The van der Waals surface area contributed by atoms with Crippen LogP contribution in [0.5, 0.6) is 5.75 Å². The summed E-state index contributed by atoms with van der Waals surface area (Å²) in [5.41, 5.74) is -0.00393. The van der Waals surface area contributed by atoms with Gasteiger partial charge in [0.05, 0.1) is 5.92 Å². The maximum atomic E-state index is 11.7. The van der Waals surface area contributed by atoms with Gasteiger partial charge in [0.2, 0.25) is 0 Å². The normalized spacial score (nSPS) is 12.8. The maximum Gasteiger partial charge on any atom is 0.412 e. The van der Waals surface area contributed by atoms with Gasteiger partial charge in [-0.25, -0.2) is 4.79 Å². The first kappa shape index (κ1) is 17.8. The number of phenolic OH excluding ortho intramolecular Hbond substituents is 1. The van der Waals surface area contributed by atoms with Crippen LogP contribution in [0.2, 0.25) is 0 Å². The van der Waals surface area contributed by atoms with Crippen LogP contribution in [0.15, 0.2) is 18.2 Å². The molecule has 0 bridgehead atoms. The SMILES string of the molecule is CC(C)C(C(=O)O)c1cc(NC(=O)OC(C)(C)C)ccc1O. The lowest BCUT2D eigenvalue weighted by Crippen LogP contribution is -2.27. The number of ether oxygens (including phenoxy) is 1. The Morgan fingerprint density at radius 2 is 1.82 bits per heavy atom. The quantitative estimate of drug-likeness (QED) is 0.739. The molecule has 0 aliphatic rings. The fraction of sp³-hybridized carbons (Fsp3) is 0.500. The molecule has 0 heterocycles. The minimum absolute atomic E-state index is 0.115. The van der Waals surface area contributed by atoms with Gasteiger partial charge in [-0.2, -0.15) is 0 Å².